The molecule has 1 aliphatic heterocycles. The minimum absolute atomic E-state index is 0.424. The lowest BCUT2D eigenvalue weighted by Crippen LogP contribution is -2.58. The molecule has 0 saturated carbocycles. The second kappa shape index (κ2) is 6.14. The first kappa shape index (κ1) is 14.9. The standard InChI is InChI=1S/C10H17N3O4S/c1-7(14)11-8(9(15)16)10(18-12-17)3-5-13(2)6-4-10/h8H,3-6H2,1-2H3,(H,11,14)(H,15,16). The van der Waals surface area contributed by atoms with E-state index in [-0.39, 0.29) is 0 Å². The summed E-state index contributed by atoms with van der Waals surface area (Å²) in [6.45, 7) is 2.61. The topological polar surface area (TPSA) is 99.1 Å². The van der Waals surface area contributed by atoms with E-state index in [0.717, 1.165) is 11.9 Å². The highest BCUT2D eigenvalue weighted by molar-refractivity contribution is 7.99. The zero-order valence-electron chi connectivity index (χ0n) is 10.4. The van der Waals surface area contributed by atoms with Gasteiger partial charge < -0.3 is 15.3 Å². The molecule has 0 aromatic carbocycles. The highest BCUT2D eigenvalue weighted by Gasteiger charge is 2.47. The van der Waals surface area contributed by atoms with Gasteiger partial charge in [-0.3, -0.25) is 4.79 Å². The molecule has 0 aliphatic carbocycles. The molecule has 0 aromatic rings. The molecule has 0 radical (unpaired) electrons. The molecule has 0 bridgehead atoms. The van der Waals surface area contributed by atoms with Gasteiger partial charge in [0.1, 0.15) is 6.04 Å². The average molecular weight is 275 g/mol. The van der Waals surface area contributed by atoms with Gasteiger partial charge in [0, 0.05) is 23.5 Å². The molecule has 8 heteroatoms. The monoisotopic (exact) mass is 275 g/mol. The van der Waals surface area contributed by atoms with Crippen LogP contribution in [0.2, 0.25) is 0 Å². The predicted molar refractivity (Wildman–Crippen MR) is 68.1 cm³/mol. The van der Waals surface area contributed by atoms with Crippen LogP contribution in [0.3, 0.4) is 0 Å². The second-order valence-corrected chi connectivity index (χ2v) is 5.65. The molecule has 102 valence electrons. The Morgan fingerprint density at radius 3 is 2.39 bits per heavy atom. The van der Waals surface area contributed by atoms with Gasteiger partial charge in [-0.2, -0.15) is 0 Å². The smallest absolute Gasteiger partial charge is 0.327 e. The molecule has 0 aromatic heterocycles. The van der Waals surface area contributed by atoms with E-state index in [1.807, 2.05) is 7.05 Å². The van der Waals surface area contributed by atoms with Gasteiger partial charge >= 0.3 is 5.97 Å². The number of hydrogen-bond donors (Lipinski definition) is 2. The van der Waals surface area contributed by atoms with Crippen LogP contribution in [0, 0.1) is 4.91 Å². The van der Waals surface area contributed by atoms with Crippen molar-refractivity contribution in [3.05, 3.63) is 4.91 Å². The predicted octanol–water partition coefficient (Wildman–Crippen LogP) is 0.455. The Hall–Kier alpha value is -1.15. The van der Waals surface area contributed by atoms with Gasteiger partial charge in [-0.25, -0.2) is 4.79 Å². The van der Waals surface area contributed by atoms with Crippen LogP contribution in [-0.4, -0.2) is 52.8 Å². The summed E-state index contributed by atoms with van der Waals surface area (Å²) in [7, 11) is 1.93. The number of rotatable bonds is 5. The lowest BCUT2D eigenvalue weighted by atomic mass is 9.88. The summed E-state index contributed by atoms with van der Waals surface area (Å²) in [5.41, 5.74) is 0. The molecular formula is C10H17N3O4S. The SMILES string of the molecule is CC(=O)NC(C(=O)O)C1(SN=O)CCN(C)CC1. The van der Waals surface area contributed by atoms with Gasteiger partial charge in [-0.15, -0.1) is 4.91 Å². The normalized spacial score (nSPS) is 21.0. The fraction of sp³-hybridized carbons (Fsp3) is 0.800. The number of aliphatic carboxylic acids is 1. The number of nitrogens with zero attached hydrogens (tertiary/aromatic N) is 2. The quantitative estimate of drug-likeness (QED) is 0.558. The summed E-state index contributed by atoms with van der Waals surface area (Å²) in [5, 5.41) is 11.7. The van der Waals surface area contributed by atoms with Crippen molar-refractivity contribution in [1.29, 1.82) is 0 Å². The zero-order chi connectivity index (χ0) is 13.8. The maximum atomic E-state index is 11.3. The van der Waals surface area contributed by atoms with E-state index in [1.165, 1.54) is 6.92 Å². The number of piperidine rings is 1. The Balaban J connectivity index is 2.95. The largest absolute Gasteiger partial charge is 0.480 e. The fourth-order valence-corrected chi connectivity index (χ4v) is 2.90. The maximum absolute atomic E-state index is 11.3. The van der Waals surface area contributed by atoms with E-state index in [1.54, 1.807) is 0 Å². The summed E-state index contributed by atoms with van der Waals surface area (Å²) in [6, 6.07) is -1.09. The highest BCUT2D eigenvalue weighted by atomic mass is 32.2. The van der Waals surface area contributed by atoms with Gasteiger partial charge in [0.2, 0.25) is 5.91 Å². The van der Waals surface area contributed by atoms with Crippen molar-refractivity contribution in [3.8, 4) is 0 Å². The minimum atomic E-state index is -1.13. The van der Waals surface area contributed by atoms with Crippen LogP contribution in [0.5, 0.6) is 0 Å². The van der Waals surface area contributed by atoms with Crippen molar-refractivity contribution in [3.63, 3.8) is 0 Å². The van der Waals surface area contributed by atoms with Crippen molar-refractivity contribution in [1.82, 2.24) is 10.2 Å². The number of likely N-dealkylation sites (tertiary alicyclic amines) is 1. The van der Waals surface area contributed by atoms with Crippen LogP contribution in [-0.2, 0) is 9.59 Å². The summed E-state index contributed by atoms with van der Waals surface area (Å²) in [5.74, 6) is -1.56. The van der Waals surface area contributed by atoms with Gasteiger partial charge in [0.15, 0.2) is 0 Å². The van der Waals surface area contributed by atoms with Crippen LogP contribution in [0.15, 0.2) is 4.58 Å². The highest BCUT2D eigenvalue weighted by Crippen LogP contribution is 2.39. The first-order chi connectivity index (χ1) is 8.41. The van der Waals surface area contributed by atoms with Crippen LogP contribution in [0.1, 0.15) is 19.8 Å². The molecule has 1 unspecified atom stereocenters. The molecule has 1 saturated heterocycles. The molecular weight excluding hydrogens is 258 g/mol. The van der Waals surface area contributed by atoms with E-state index in [4.69, 9.17) is 0 Å². The van der Waals surface area contributed by atoms with E-state index in [0.29, 0.717) is 25.9 Å². The maximum Gasteiger partial charge on any atom is 0.327 e. The third-order valence-electron chi connectivity index (χ3n) is 3.17. The number of hydrogen-bond acceptors (Lipinski definition) is 6. The van der Waals surface area contributed by atoms with E-state index < -0.39 is 22.7 Å². The summed E-state index contributed by atoms with van der Waals surface area (Å²) < 4.78 is 1.95. The fourth-order valence-electron chi connectivity index (χ4n) is 2.13. The Kier molecular flexibility index (Phi) is 5.09. The summed E-state index contributed by atoms with van der Waals surface area (Å²) >= 11 is 0.727. The Morgan fingerprint density at radius 1 is 1.44 bits per heavy atom. The number of nitrogens with one attached hydrogen (secondary N) is 1. The van der Waals surface area contributed by atoms with Gasteiger partial charge in [-0.1, -0.05) is 0 Å². The molecule has 1 heterocycles. The van der Waals surface area contributed by atoms with Crippen LogP contribution in [0.4, 0.5) is 0 Å². The number of carbonyl (C=O) groups is 2. The zero-order valence-corrected chi connectivity index (χ0v) is 11.2. The van der Waals surface area contributed by atoms with Crippen molar-refractivity contribution in [2.75, 3.05) is 20.1 Å². The number of nitroso groups, excluding NO2 is 1. The number of carboxylic acids is 1. The Morgan fingerprint density at radius 2 is 2.00 bits per heavy atom. The van der Waals surface area contributed by atoms with Gasteiger partial charge in [-0.05, 0) is 33.0 Å². The molecule has 1 amide bonds. The second-order valence-electron chi connectivity index (χ2n) is 4.51. The van der Waals surface area contributed by atoms with Crippen LogP contribution >= 0.6 is 11.9 Å². The molecule has 7 nitrogen and oxygen atoms in total. The van der Waals surface area contributed by atoms with E-state index in [9.17, 15) is 19.6 Å². The Labute approximate surface area is 109 Å². The average Bonchev–Trinajstić information content (AvgIpc) is 2.29. The third kappa shape index (κ3) is 3.42. The molecule has 1 atom stereocenters. The van der Waals surface area contributed by atoms with Crippen molar-refractivity contribution < 1.29 is 14.7 Å². The third-order valence-corrected chi connectivity index (χ3v) is 4.26. The van der Waals surface area contributed by atoms with Gasteiger partial charge in [0.25, 0.3) is 0 Å². The molecule has 2 N–H and O–H groups in total. The number of carboxylic acid groups (broad SMARTS) is 1. The van der Waals surface area contributed by atoms with Crippen molar-refractivity contribution in [2.45, 2.75) is 30.6 Å². The van der Waals surface area contributed by atoms with Crippen LogP contribution in [0.25, 0.3) is 0 Å². The molecule has 1 aliphatic rings. The number of carbonyl (C=O) groups excluding carboxylic acids is 1. The molecule has 18 heavy (non-hydrogen) atoms. The first-order valence-corrected chi connectivity index (χ1v) is 6.38. The Bertz CT molecular complexity index is 342. The molecule has 1 rings (SSSR count). The van der Waals surface area contributed by atoms with Crippen molar-refractivity contribution >= 4 is 23.8 Å². The molecule has 1 fully saturated rings. The van der Waals surface area contributed by atoms with E-state index in [2.05, 4.69) is 14.8 Å². The van der Waals surface area contributed by atoms with Gasteiger partial charge in [0.05, 0.1) is 4.75 Å². The first-order valence-electron chi connectivity index (χ1n) is 5.60. The lowest BCUT2D eigenvalue weighted by Gasteiger charge is -2.41. The summed E-state index contributed by atoms with van der Waals surface area (Å²) in [6.07, 6.45) is 0.994. The lowest BCUT2D eigenvalue weighted by molar-refractivity contribution is -0.143. The van der Waals surface area contributed by atoms with Crippen molar-refractivity contribution in [2.24, 2.45) is 4.58 Å². The van der Waals surface area contributed by atoms with E-state index >= 15 is 0 Å². The number of amides is 1. The minimum Gasteiger partial charge on any atom is -0.480 e. The van der Waals surface area contributed by atoms with Crippen LogP contribution < -0.4 is 5.32 Å². The summed E-state index contributed by atoms with van der Waals surface area (Å²) in [4.78, 5) is 35.0. The molecule has 0 spiro atoms.